The maximum absolute atomic E-state index is 14.4. The van der Waals surface area contributed by atoms with Crippen molar-refractivity contribution in [3.05, 3.63) is 12.0 Å². The second-order valence-electron chi connectivity index (χ2n) is 6.19. The van der Waals surface area contributed by atoms with E-state index in [2.05, 4.69) is 6.58 Å². The predicted octanol–water partition coefficient (Wildman–Crippen LogP) is 2.86. The molecular weight excluding hydrogens is 395 g/mol. The summed E-state index contributed by atoms with van der Waals surface area (Å²) in [5, 5.41) is 0. The number of rotatable bonds is 16. The van der Waals surface area contributed by atoms with Crippen molar-refractivity contribution in [1.29, 1.82) is 0 Å². The lowest BCUT2D eigenvalue weighted by molar-refractivity contribution is 0.0670. The second-order valence-corrected chi connectivity index (χ2v) is 16.9. The van der Waals surface area contributed by atoms with E-state index in [0.717, 1.165) is 0 Å². The van der Waals surface area contributed by atoms with E-state index in [1.54, 1.807) is 42.7 Å². The summed E-state index contributed by atoms with van der Waals surface area (Å²) in [5.74, 6) is 0. The molecule has 26 heavy (non-hydrogen) atoms. The molecule has 1 unspecified atom stereocenters. The fourth-order valence-electron chi connectivity index (χ4n) is 2.57. The summed E-state index contributed by atoms with van der Waals surface area (Å²) in [6.07, 6.45) is 0. The van der Waals surface area contributed by atoms with Crippen LogP contribution in [0.3, 0.4) is 0 Å². The molecule has 0 spiro atoms. The molecule has 0 bridgehead atoms. The first kappa shape index (κ1) is 26.0. The Morgan fingerprint density at radius 1 is 0.731 bits per heavy atom. The molecule has 11 heteroatoms. The van der Waals surface area contributed by atoms with E-state index < -0.39 is 25.7 Å². The van der Waals surface area contributed by atoms with Gasteiger partial charge in [-0.15, -0.1) is 0 Å². The molecule has 0 aromatic rings. The number of halogens is 1. The van der Waals surface area contributed by atoms with Crippen molar-refractivity contribution in [3.8, 4) is 0 Å². The van der Waals surface area contributed by atoms with Gasteiger partial charge in [-0.25, -0.2) is 4.39 Å². The van der Waals surface area contributed by atoms with Crippen molar-refractivity contribution < 1.29 is 35.7 Å². The van der Waals surface area contributed by atoms with Crippen LogP contribution in [-0.2, 0) is 31.3 Å². The lowest BCUT2D eigenvalue weighted by Crippen LogP contribution is -2.48. The third-order valence-electron chi connectivity index (χ3n) is 4.79. The van der Waals surface area contributed by atoms with Gasteiger partial charge in [0.15, 0.2) is 0 Å². The summed E-state index contributed by atoms with van der Waals surface area (Å²) in [7, 11) is 1.27. The summed E-state index contributed by atoms with van der Waals surface area (Å²) in [6, 6.07) is 2.23. The molecule has 0 radical (unpaired) electrons. The molecule has 1 atom stereocenters. The smallest absolute Gasteiger partial charge is 0.382 e. The molecule has 0 aromatic carbocycles. The summed E-state index contributed by atoms with van der Waals surface area (Å²) < 4.78 is 52.7. The van der Waals surface area contributed by atoms with E-state index in [9.17, 15) is 4.39 Å². The Hall–Kier alpha value is 0.0406. The van der Waals surface area contributed by atoms with E-state index in [-0.39, 0.29) is 5.45 Å². The number of methoxy groups -OCH3 is 1. The summed E-state index contributed by atoms with van der Waals surface area (Å²) in [4.78, 5) is 0. The molecule has 156 valence electrons. The predicted molar refractivity (Wildman–Crippen MR) is 105 cm³/mol. The Morgan fingerprint density at radius 2 is 1.15 bits per heavy atom. The first-order valence-electron chi connectivity index (χ1n) is 8.46. The standard InChI is InChI=1S/C15H35FO7Si3/c1-15(16)24(8,11-13-25(18-3,19-4)20-5)12-14-26(21-6,22-7)23-10-9-17-2/h1,9-14H2,2-8H3. The van der Waals surface area contributed by atoms with Crippen LogP contribution >= 0.6 is 0 Å². The van der Waals surface area contributed by atoms with E-state index in [4.69, 9.17) is 31.3 Å². The average Bonchev–Trinajstić information content (AvgIpc) is 2.66. The van der Waals surface area contributed by atoms with Gasteiger partial charge in [0.25, 0.3) is 0 Å². The fourth-order valence-corrected chi connectivity index (χ4v) is 12.7. The van der Waals surface area contributed by atoms with Gasteiger partial charge in [-0.2, -0.15) is 0 Å². The molecule has 0 amide bonds. The largest absolute Gasteiger partial charge is 0.500 e. The Kier molecular flexibility index (Phi) is 12.5. The lowest BCUT2D eigenvalue weighted by atomic mass is 10.8. The number of hydrogen-bond donors (Lipinski definition) is 0. The first-order valence-corrected chi connectivity index (χ1v) is 15.2. The maximum Gasteiger partial charge on any atom is 0.500 e. The van der Waals surface area contributed by atoms with Gasteiger partial charge >= 0.3 is 17.6 Å². The van der Waals surface area contributed by atoms with Gasteiger partial charge in [0, 0.05) is 54.7 Å². The molecule has 0 aliphatic heterocycles. The zero-order valence-electron chi connectivity index (χ0n) is 17.2. The quantitative estimate of drug-likeness (QED) is 0.275. The van der Waals surface area contributed by atoms with Crippen molar-refractivity contribution in [2.24, 2.45) is 0 Å². The minimum absolute atomic E-state index is 0.268. The van der Waals surface area contributed by atoms with E-state index >= 15 is 0 Å². The Labute approximate surface area is 160 Å². The molecule has 0 aliphatic carbocycles. The third-order valence-corrected chi connectivity index (χ3v) is 15.3. The first-order chi connectivity index (χ1) is 12.2. The van der Waals surface area contributed by atoms with Crippen molar-refractivity contribution in [2.45, 2.75) is 30.7 Å². The number of ether oxygens (including phenoxy) is 1. The molecule has 0 saturated carbocycles. The van der Waals surface area contributed by atoms with Crippen LogP contribution in [0.1, 0.15) is 0 Å². The van der Waals surface area contributed by atoms with Crippen LogP contribution < -0.4 is 0 Å². The van der Waals surface area contributed by atoms with Crippen LogP contribution in [0.2, 0.25) is 30.7 Å². The highest BCUT2D eigenvalue weighted by Gasteiger charge is 2.46. The van der Waals surface area contributed by atoms with Gasteiger partial charge in [-0.05, 0) is 12.1 Å². The van der Waals surface area contributed by atoms with Gasteiger partial charge in [-0.1, -0.05) is 13.1 Å². The Morgan fingerprint density at radius 3 is 1.50 bits per heavy atom. The van der Waals surface area contributed by atoms with Gasteiger partial charge in [0.1, 0.15) is 8.07 Å². The van der Waals surface area contributed by atoms with E-state index in [1.807, 2.05) is 6.55 Å². The lowest BCUT2D eigenvalue weighted by Gasteiger charge is -2.33. The SMILES string of the molecule is C=C(F)[Si](C)(CC[Si](OC)(OC)OC)CC[Si](OC)(OC)OCCOC. The minimum atomic E-state index is -2.87. The Balaban J connectivity index is 5.09. The van der Waals surface area contributed by atoms with Crippen LogP contribution in [0.15, 0.2) is 12.0 Å². The van der Waals surface area contributed by atoms with Crippen LogP contribution in [-0.4, -0.2) is 81.6 Å². The van der Waals surface area contributed by atoms with Crippen molar-refractivity contribution >= 4 is 25.7 Å². The molecule has 0 fully saturated rings. The van der Waals surface area contributed by atoms with Crippen LogP contribution in [0.25, 0.3) is 0 Å². The highest BCUT2D eigenvalue weighted by Crippen LogP contribution is 2.34. The van der Waals surface area contributed by atoms with Gasteiger partial charge < -0.3 is 31.3 Å². The van der Waals surface area contributed by atoms with E-state index in [0.29, 0.717) is 37.4 Å². The summed E-state index contributed by atoms with van der Waals surface area (Å²) >= 11 is 0. The monoisotopic (exact) mass is 430 g/mol. The van der Waals surface area contributed by atoms with Crippen molar-refractivity contribution in [2.75, 3.05) is 55.9 Å². The fraction of sp³-hybridized carbons (Fsp3) is 0.867. The summed E-state index contributed by atoms with van der Waals surface area (Å²) in [5.41, 5.74) is -0.268. The van der Waals surface area contributed by atoms with Gasteiger partial charge in [0.05, 0.1) is 18.7 Å². The topological polar surface area (TPSA) is 64.6 Å². The normalized spacial score (nSPS) is 15.1. The van der Waals surface area contributed by atoms with Gasteiger partial charge in [0.2, 0.25) is 0 Å². The zero-order valence-corrected chi connectivity index (χ0v) is 20.2. The van der Waals surface area contributed by atoms with Crippen LogP contribution in [0.5, 0.6) is 0 Å². The Bertz CT molecular complexity index is 400. The minimum Gasteiger partial charge on any atom is -0.382 e. The molecular formula is C15H35FO7Si3. The number of hydrogen-bond acceptors (Lipinski definition) is 7. The third kappa shape index (κ3) is 7.58. The molecule has 0 aromatic heterocycles. The van der Waals surface area contributed by atoms with E-state index in [1.165, 1.54) is 0 Å². The van der Waals surface area contributed by atoms with Crippen LogP contribution in [0.4, 0.5) is 4.39 Å². The molecule has 7 nitrogen and oxygen atoms in total. The summed E-state index contributed by atoms with van der Waals surface area (Å²) in [6.45, 7) is 6.36. The average molecular weight is 431 g/mol. The maximum atomic E-state index is 14.4. The van der Waals surface area contributed by atoms with Crippen LogP contribution in [0, 0.1) is 0 Å². The molecule has 0 rings (SSSR count). The second kappa shape index (κ2) is 12.5. The molecule has 0 heterocycles. The molecule has 0 saturated heterocycles. The molecule has 0 aliphatic rings. The van der Waals surface area contributed by atoms with Crippen molar-refractivity contribution in [3.63, 3.8) is 0 Å². The van der Waals surface area contributed by atoms with Crippen molar-refractivity contribution in [1.82, 2.24) is 0 Å². The highest BCUT2D eigenvalue weighted by atomic mass is 28.4. The van der Waals surface area contributed by atoms with Gasteiger partial charge in [-0.3, -0.25) is 0 Å². The molecule has 0 N–H and O–H groups in total. The highest BCUT2D eigenvalue weighted by molar-refractivity contribution is 6.86. The zero-order chi connectivity index (χ0) is 20.3.